The zero-order valence-corrected chi connectivity index (χ0v) is 12.1. The fraction of sp³-hybridized carbons (Fsp3) is 0.545. The second-order valence-electron chi connectivity index (χ2n) is 4.27. The number of sulfonamides is 1. The van der Waals surface area contributed by atoms with Gasteiger partial charge in [0, 0.05) is 26.2 Å². The fourth-order valence-corrected chi connectivity index (χ4v) is 4.83. The lowest BCUT2D eigenvalue weighted by atomic mass is 10.4. The Morgan fingerprint density at radius 1 is 1.42 bits per heavy atom. The molecule has 1 aliphatic heterocycles. The monoisotopic (exact) mass is 303 g/mol. The summed E-state index contributed by atoms with van der Waals surface area (Å²) in [6.45, 7) is 1.72. The van der Waals surface area contributed by atoms with Gasteiger partial charge in [0.05, 0.1) is 0 Å². The van der Waals surface area contributed by atoms with E-state index in [-0.39, 0.29) is 15.7 Å². The van der Waals surface area contributed by atoms with Gasteiger partial charge in [-0.2, -0.15) is 4.31 Å². The number of nitrogens with one attached hydrogen (secondary N) is 1. The highest BCUT2D eigenvalue weighted by Crippen LogP contribution is 2.27. The van der Waals surface area contributed by atoms with Gasteiger partial charge in [0.1, 0.15) is 9.77 Å². The SMILES string of the molecule is NCCNC(=O)c1sccc1S(=O)(=O)N1CCCC1. The Balaban J connectivity index is 2.25. The van der Waals surface area contributed by atoms with Gasteiger partial charge in [-0.15, -0.1) is 11.3 Å². The van der Waals surface area contributed by atoms with Gasteiger partial charge in [-0.3, -0.25) is 4.79 Å². The number of carbonyl (C=O) groups is 1. The van der Waals surface area contributed by atoms with Crippen molar-refractivity contribution in [1.29, 1.82) is 0 Å². The summed E-state index contributed by atoms with van der Waals surface area (Å²) in [4.78, 5) is 12.2. The topological polar surface area (TPSA) is 92.5 Å². The molecule has 0 aromatic carbocycles. The van der Waals surface area contributed by atoms with Gasteiger partial charge >= 0.3 is 0 Å². The molecule has 6 nitrogen and oxygen atoms in total. The zero-order valence-electron chi connectivity index (χ0n) is 10.5. The first-order chi connectivity index (χ1) is 9.07. The zero-order chi connectivity index (χ0) is 13.9. The van der Waals surface area contributed by atoms with Crippen molar-refractivity contribution in [3.63, 3.8) is 0 Å². The molecular weight excluding hydrogens is 286 g/mol. The minimum atomic E-state index is -3.54. The Morgan fingerprint density at radius 3 is 2.74 bits per heavy atom. The molecule has 19 heavy (non-hydrogen) atoms. The quantitative estimate of drug-likeness (QED) is 0.814. The molecule has 0 spiro atoms. The van der Waals surface area contributed by atoms with Gasteiger partial charge in [0.2, 0.25) is 10.0 Å². The van der Waals surface area contributed by atoms with Crippen LogP contribution in [0.25, 0.3) is 0 Å². The standard InChI is InChI=1S/C11H17N3O3S2/c12-4-5-13-11(15)10-9(3-8-18-10)19(16,17)14-6-1-2-7-14/h3,8H,1-2,4-7,12H2,(H,13,15). The van der Waals surface area contributed by atoms with Crippen molar-refractivity contribution in [2.75, 3.05) is 26.2 Å². The second-order valence-corrected chi connectivity index (χ2v) is 7.09. The minimum Gasteiger partial charge on any atom is -0.350 e. The molecule has 106 valence electrons. The summed E-state index contributed by atoms with van der Waals surface area (Å²) in [6, 6.07) is 1.50. The first-order valence-electron chi connectivity index (χ1n) is 6.13. The Morgan fingerprint density at radius 2 is 2.11 bits per heavy atom. The third-order valence-electron chi connectivity index (χ3n) is 2.95. The second kappa shape index (κ2) is 6.00. The van der Waals surface area contributed by atoms with Crippen molar-refractivity contribution in [3.8, 4) is 0 Å². The van der Waals surface area contributed by atoms with Gasteiger partial charge in [-0.25, -0.2) is 8.42 Å². The molecule has 3 N–H and O–H groups in total. The van der Waals surface area contributed by atoms with Crippen LogP contribution in [-0.2, 0) is 10.0 Å². The first kappa shape index (κ1) is 14.4. The molecule has 1 aromatic heterocycles. The Kier molecular flexibility index (Phi) is 4.56. The molecule has 1 saturated heterocycles. The van der Waals surface area contributed by atoms with Crippen LogP contribution in [0.1, 0.15) is 22.5 Å². The maximum Gasteiger partial charge on any atom is 0.262 e. The lowest BCUT2D eigenvalue weighted by molar-refractivity contribution is 0.0955. The van der Waals surface area contributed by atoms with E-state index in [0.717, 1.165) is 24.2 Å². The van der Waals surface area contributed by atoms with E-state index in [1.54, 1.807) is 5.38 Å². The normalized spacial score (nSPS) is 16.7. The highest BCUT2D eigenvalue weighted by atomic mass is 32.2. The van der Waals surface area contributed by atoms with Crippen molar-refractivity contribution in [2.24, 2.45) is 5.73 Å². The molecule has 1 aromatic rings. The highest BCUT2D eigenvalue weighted by molar-refractivity contribution is 7.89. The van der Waals surface area contributed by atoms with Crippen LogP contribution in [0, 0.1) is 0 Å². The number of hydrogen-bond acceptors (Lipinski definition) is 5. The van der Waals surface area contributed by atoms with E-state index >= 15 is 0 Å². The highest BCUT2D eigenvalue weighted by Gasteiger charge is 2.31. The maximum absolute atomic E-state index is 12.4. The molecule has 2 rings (SSSR count). The van der Waals surface area contributed by atoms with Crippen molar-refractivity contribution >= 4 is 27.3 Å². The lowest BCUT2D eigenvalue weighted by Gasteiger charge is -2.15. The summed E-state index contributed by atoms with van der Waals surface area (Å²) in [7, 11) is -3.54. The van der Waals surface area contributed by atoms with E-state index in [1.807, 2.05) is 0 Å². The van der Waals surface area contributed by atoms with Crippen molar-refractivity contribution < 1.29 is 13.2 Å². The molecule has 2 heterocycles. The van der Waals surface area contributed by atoms with Crippen LogP contribution in [0.4, 0.5) is 0 Å². The number of carbonyl (C=O) groups excluding carboxylic acids is 1. The third kappa shape index (κ3) is 2.97. The summed E-state index contributed by atoms with van der Waals surface area (Å²) >= 11 is 1.14. The molecule has 0 radical (unpaired) electrons. The molecule has 1 aliphatic rings. The number of thiophene rings is 1. The summed E-state index contributed by atoms with van der Waals surface area (Å²) in [5.74, 6) is -0.377. The van der Waals surface area contributed by atoms with Gasteiger partial charge in [0.25, 0.3) is 5.91 Å². The number of hydrogen-bond donors (Lipinski definition) is 2. The summed E-state index contributed by atoms with van der Waals surface area (Å²) in [6.07, 6.45) is 1.75. The van der Waals surface area contributed by atoms with E-state index in [0.29, 0.717) is 26.2 Å². The Labute approximate surface area is 116 Å². The summed E-state index contributed by atoms with van der Waals surface area (Å²) < 4.78 is 26.3. The largest absolute Gasteiger partial charge is 0.350 e. The molecule has 0 saturated carbocycles. The number of nitrogens with two attached hydrogens (primary N) is 1. The lowest BCUT2D eigenvalue weighted by Crippen LogP contribution is -2.32. The molecule has 0 bridgehead atoms. The first-order valence-corrected chi connectivity index (χ1v) is 8.45. The van der Waals surface area contributed by atoms with Crippen LogP contribution in [0.5, 0.6) is 0 Å². The summed E-state index contributed by atoms with van der Waals surface area (Å²) in [5, 5.41) is 4.23. The third-order valence-corrected chi connectivity index (χ3v) is 5.93. The molecule has 0 unspecified atom stereocenters. The van der Waals surface area contributed by atoms with E-state index in [2.05, 4.69) is 5.32 Å². The van der Waals surface area contributed by atoms with Crippen molar-refractivity contribution in [2.45, 2.75) is 17.7 Å². The van der Waals surface area contributed by atoms with Crippen molar-refractivity contribution in [1.82, 2.24) is 9.62 Å². The van der Waals surface area contributed by atoms with Crippen LogP contribution >= 0.6 is 11.3 Å². The number of nitrogens with zero attached hydrogens (tertiary/aromatic N) is 1. The van der Waals surface area contributed by atoms with E-state index in [4.69, 9.17) is 5.73 Å². The molecule has 1 amide bonds. The van der Waals surface area contributed by atoms with Crippen molar-refractivity contribution in [3.05, 3.63) is 16.3 Å². The smallest absolute Gasteiger partial charge is 0.262 e. The van der Waals surface area contributed by atoms with Crippen LogP contribution in [0.3, 0.4) is 0 Å². The molecule has 0 atom stereocenters. The predicted molar refractivity (Wildman–Crippen MR) is 73.7 cm³/mol. The fourth-order valence-electron chi connectivity index (χ4n) is 2.00. The Hall–Kier alpha value is -0.960. The average Bonchev–Trinajstić information content (AvgIpc) is 3.05. The number of rotatable bonds is 5. The van der Waals surface area contributed by atoms with Gasteiger partial charge in [-0.1, -0.05) is 0 Å². The average molecular weight is 303 g/mol. The predicted octanol–water partition coefficient (Wildman–Crippen LogP) is 0.221. The van der Waals surface area contributed by atoms with Crippen LogP contribution < -0.4 is 11.1 Å². The van der Waals surface area contributed by atoms with Crippen LogP contribution in [0.2, 0.25) is 0 Å². The molecule has 1 fully saturated rings. The number of amides is 1. The van der Waals surface area contributed by atoms with Crippen LogP contribution in [-0.4, -0.2) is 44.8 Å². The molecular formula is C11H17N3O3S2. The minimum absolute atomic E-state index is 0.105. The van der Waals surface area contributed by atoms with Gasteiger partial charge in [-0.05, 0) is 24.3 Å². The summed E-state index contributed by atoms with van der Waals surface area (Å²) in [5.41, 5.74) is 5.32. The van der Waals surface area contributed by atoms with Gasteiger partial charge in [0.15, 0.2) is 0 Å². The van der Waals surface area contributed by atoms with E-state index < -0.39 is 10.0 Å². The van der Waals surface area contributed by atoms with E-state index in [9.17, 15) is 13.2 Å². The maximum atomic E-state index is 12.4. The Bertz CT molecular complexity index is 547. The van der Waals surface area contributed by atoms with Gasteiger partial charge < -0.3 is 11.1 Å². The molecule has 0 aliphatic carbocycles. The molecule has 8 heteroatoms. The van der Waals surface area contributed by atoms with Crippen LogP contribution in [0.15, 0.2) is 16.3 Å². The van der Waals surface area contributed by atoms with E-state index in [1.165, 1.54) is 10.4 Å².